The highest BCUT2D eigenvalue weighted by Gasteiger charge is 2.16. The van der Waals surface area contributed by atoms with Gasteiger partial charge in [0.15, 0.2) is 0 Å². The molecule has 2 aromatic carbocycles. The molecule has 0 aliphatic rings. The lowest BCUT2D eigenvalue weighted by Gasteiger charge is -2.27. The van der Waals surface area contributed by atoms with Crippen LogP contribution in [-0.4, -0.2) is 36.5 Å². The van der Waals surface area contributed by atoms with Gasteiger partial charge in [-0.25, -0.2) is 4.79 Å². The topological polar surface area (TPSA) is 58.6 Å². The minimum atomic E-state index is -0.361. The van der Waals surface area contributed by atoms with Gasteiger partial charge in [0.05, 0.1) is 12.7 Å². The SMILES string of the molecule is COC(=O)c1ccc(NCCC(=O)N(Cc2ccccc2)C(C)C)cc1. The molecule has 0 aliphatic heterocycles. The van der Waals surface area contributed by atoms with Crippen molar-refractivity contribution in [3.8, 4) is 0 Å². The van der Waals surface area contributed by atoms with Gasteiger partial charge in [-0.2, -0.15) is 0 Å². The second-order valence-electron chi connectivity index (χ2n) is 6.35. The van der Waals surface area contributed by atoms with Crippen LogP contribution in [0.25, 0.3) is 0 Å². The average Bonchev–Trinajstić information content (AvgIpc) is 2.66. The number of hydrogen-bond donors (Lipinski definition) is 1. The number of ether oxygens (including phenoxy) is 1. The number of esters is 1. The third kappa shape index (κ3) is 5.62. The number of nitrogens with one attached hydrogen (secondary N) is 1. The number of carbonyl (C=O) groups excluding carboxylic acids is 2. The van der Waals surface area contributed by atoms with E-state index in [0.29, 0.717) is 25.1 Å². The van der Waals surface area contributed by atoms with Crippen molar-refractivity contribution in [2.75, 3.05) is 19.0 Å². The molecule has 0 heterocycles. The molecule has 1 amide bonds. The molecule has 138 valence electrons. The maximum atomic E-state index is 12.6. The van der Waals surface area contributed by atoms with E-state index in [4.69, 9.17) is 0 Å². The van der Waals surface area contributed by atoms with Gasteiger partial charge in [-0.1, -0.05) is 30.3 Å². The van der Waals surface area contributed by atoms with Gasteiger partial charge in [0.1, 0.15) is 0 Å². The van der Waals surface area contributed by atoms with Crippen LogP contribution in [0.5, 0.6) is 0 Å². The Kier molecular flexibility index (Phi) is 7.21. The molecular weight excluding hydrogens is 328 g/mol. The fraction of sp³-hybridized carbons (Fsp3) is 0.333. The molecule has 0 aliphatic carbocycles. The van der Waals surface area contributed by atoms with Gasteiger partial charge < -0.3 is 15.0 Å². The summed E-state index contributed by atoms with van der Waals surface area (Å²) < 4.78 is 4.68. The van der Waals surface area contributed by atoms with E-state index in [1.165, 1.54) is 7.11 Å². The fourth-order valence-electron chi connectivity index (χ4n) is 2.64. The summed E-state index contributed by atoms with van der Waals surface area (Å²) in [6.45, 7) is 5.21. The first kappa shape index (κ1) is 19.5. The largest absolute Gasteiger partial charge is 0.465 e. The first-order chi connectivity index (χ1) is 12.5. The maximum absolute atomic E-state index is 12.6. The van der Waals surface area contributed by atoms with Crippen molar-refractivity contribution in [3.63, 3.8) is 0 Å². The fourth-order valence-corrected chi connectivity index (χ4v) is 2.64. The smallest absolute Gasteiger partial charge is 0.337 e. The van der Waals surface area contributed by atoms with E-state index < -0.39 is 0 Å². The number of benzene rings is 2. The summed E-state index contributed by atoms with van der Waals surface area (Å²) in [5.41, 5.74) is 2.49. The Labute approximate surface area is 155 Å². The molecule has 0 bridgehead atoms. The third-order valence-electron chi connectivity index (χ3n) is 4.11. The van der Waals surface area contributed by atoms with Crippen LogP contribution >= 0.6 is 0 Å². The molecule has 26 heavy (non-hydrogen) atoms. The van der Waals surface area contributed by atoms with Crippen LogP contribution in [0.4, 0.5) is 5.69 Å². The van der Waals surface area contributed by atoms with Gasteiger partial charge in [-0.15, -0.1) is 0 Å². The Morgan fingerprint density at radius 2 is 1.69 bits per heavy atom. The summed E-state index contributed by atoms with van der Waals surface area (Å²) in [5, 5.41) is 3.22. The van der Waals surface area contributed by atoms with Gasteiger partial charge in [-0.3, -0.25) is 4.79 Å². The number of carbonyl (C=O) groups is 2. The molecule has 5 nitrogen and oxygen atoms in total. The van der Waals surface area contributed by atoms with Crippen LogP contribution in [0, 0.1) is 0 Å². The Morgan fingerprint density at radius 3 is 2.27 bits per heavy atom. The number of rotatable bonds is 8. The first-order valence-corrected chi connectivity index (χ1v) is 8.77. The minimum Gasteiger partial charge on any atom is -0.465 e. The lowest BCUT2D eigenvalue weighted by Crippen LogP contribution is -2.37. The normalized spacial score (nSPS) is 10.5. The Morgan fingerprint density at radius 1 is 1.04 bits per heavy atom. The zero-order chi connectivity index (χ0) is 18.9. The predicted molar refractivity (Wildman–Crippen MR) is 103 cm³/mol. The number of nitrogens with zero attached hydrogens (tertiary/aromatic N) is 1. The standard InChI is InChI=1S/C21H26N2O3/c1-16(2)23(15-17-7-5-4-6-8-17)20(24)13-14-22-19-11-9-18(10-12-19)21(25)26-3/h4-12,16,22H,13-15H2,1-3H3. The molecule has 1 N–H and O–H groups in total. The molecule has 0 unspecified atom stereocenters. The van der Waals surface area contributed by atoms with Crippen LogP contribution < -0.4 is 5.32 Å². The summed E-state index contributed by atoms with van der Waals surface area (Å²) in [6.07, 6.45) is 0.407. The van der Waals surface area contributed by atoms with E-state index in [9.17, 15) is 9.59 Å². The van der Waals surface area contributed by atoms with Crippen molar-refractivity contribution in [1.29, 1.82) is 0 Å². The zero-order valence-corrected chi connectivity index (χ0v) is 15.6. The highest BCUT2D eigenvalue weighted by Crippen LogP contribution is 2.12. The molecule has 0 aromatic heterocycles. The second-order valence-corrected chi connectivity index (χ2v) is 6.35. The molecular formula is C21H26N2O3. The summed E-state index contributed by atoms with van der Waals surface area (Å²) >= 11 is 0. The molecule has 0 fully saturated rings. The lowest BCUT2D eigenvalue weighted by atomic mass is 10.1. The molecule has 0 atom stereocenters. The minimum absolute atomic E-state index is 0.113. The molecule has 0 spiro atoms. The molecule has 2 rings (SSSR count). The van der Waals surface area contributed by atoms with E-state index >= 15 is 0 Å². The van der Waals surface area contributed by atoms with Crippen molar-refractivity contribution in [2.45, 2.75) is 32.9 Å². The van der Waals surface area contributed by atoms with E-state index in [1.807, 2.05) is 49.1 Å². The molecule has 5 heteroatoms. The summed E-state index contributed by atoms with van der Waals surface area (Å²) in [7, 11) is 1.36. The van der Waals surface area contributed by atoms with Crippen molar-refractivity contribution in [1.82, 2.24) is 4.90 Å². The summed E-state index contributed by atoms with van der Waals surface area (Å²) in [5.74, 6) is -0.247. The highest BCUT2D eigenvalue weighted by molar-refractivity contribution is 5.89. The molecule has 0 saturated heterocycles. The number of amides is 1. The Hall–Kier alpha value is -2.82. The van der Waals surface area contributed by atoms with Crippen LogP contribution in [0.15, 0.2) is 54.6 Å². The van der Waals surface area contributed by atoms with Gasteiger partial charge in [0.25, 0.3) is 0 Å². The van der Waals surface area contributed by atoms with E-state index in [2.05, 4.69) is 10.1 Å². The highest BCUT2D eigenvalue weighted by atomic mass is 16.5. The Bertz CT molecular complexity index is 712. The zero-order valence-electron chi connectivity index (χ0n) is 15.6. The summed E-state index contributed by atoms with van der Waals surface area (Å²) in [4.78, 5) is 25.9. The second kappa shape index (κ2) is 9.61. The Balaban J connectivity index is 1.86. The summed E-state index contributed by atoms with van der Waals surface area (Å²) in [6, 6.07) is 17.2. The van der Waals surface area contributed by atoms with Gasteiger partial charge in [0.2, 0.25) is 5.91 Å². The van der Waals surface area contributed by atoms with Crippen LogP contribution in [0.2, 0.25) is 0 Å². The van der Waals surface area contributed by atoms with Crippen molar-refractivity contribution < 1.29 is 14.3 Å². The lowest BCUT2D eigenvalue weighted by molar-refractivity contribution is -0.133. The quantitative estimate of drug-likeness (QED) is 0.734. The van der Waals surface area contributed by atoms with Crippen LogP contribution in [0.1, 0.15) is 36.2 Å². The predicted octanol–water partition coefficient (Wildman–Crippen LogP) is 3.71. The number of methoxy groups -OCH3 is 1. The van der Waals surface area contributed by atoms with Crippen LogP contribution in [-0.2, 0) is 16.1 Å². The maximum Gasteiger partial charge on any atom is 0.337 e. The van der Waals surface area contributed by atoms with E-state index in [-0.39, 0.29) is 17.9 Å². The average molecular weight is 354 g/mol. The number of hydrogen-bond acceptors (Lipinski definition) is 4. The van der Waals surface area contributed by atoms with Crippen LogP contribution in [0.3, 0.4) is 0 Å². The molecule has 0 radical (unpaired) electrons. The van der Waals surface area contributed by atoms with Crippen molar-refractivity contribution in [2.24, 2.45) is 0 Å². The van der Waals surface area contributed by atoms with Gasteiger partial charge in [-0.05, 0) is 43.7 Å². The molecule has 2 aromatic rings. The van der Waals surface area contributed by atoms with Gasteiger partial charge in [0, 0.05) is 31.2 Å². The molecule has 0 saturated carbocycles. The van der Waals surface area contributed by atoms with Crippen molar-refractivity contribution in [3.05, 3.63) is 65.7 Å². The van der Waals surface area contributed by atoms with Gasteiger partial charge >= 0.3 is 5.97 Å². The van der Waals surface area contributed by atoms with Crippen molar-refractivity contribution >= 4 is 17.6 Å². The third-order valence-corrected chi connectivity index (χ3v) is 4.11. The number of anilines is 1. The van der Waals surface area contributed by atoms with E-state index in [0.717, 1.165) is 11.3 Å². The van der Waals surface area contributed by atoms with E-state index in [1.54, 1.807) is 24.3 Å². The first-order valence-electron chi connectivity index (χ1n) is 8.77. The monoisotopic (exact) mass is 354 g/mol.